The largest absolute Gasteiger partial charge is 0.420 e. The molecule has 0 atom stereocenters. The van der Waals surface area contributed by atoms with Gasteiger partial charge in [-0.1, -0.05) is 25.0 Å². The van der Waals surface area contributed by atoms with Crippen LogP contribution in [0.25, 0.3) is 11.1 Å². The average Bonchev–Trinajstić information content (AvgIpc) is 2.82. The van der Waals surface area contributed by atoms with Crippen LogP contribution in [0.4, 0.5) is 0 Å². The molecule has 0 bridgehead atoms. The molecule has 3 rings (SSSR count). The highest BCUT2D eigenvalue weighted by molar-refractivity contribution is 5.72. The fourth-order valence-corrected chi connectivity index (χ4v) is 2.49. The van der Waals surface area contributed by atoms with E-state index in [9.17, 15) is 4.79 Å². The van der Waals surface area contributed by atoms with Gasteiger partial charge >= 0.3 is 5.76 Å². The zero-order valence-electron chi connectivity index (χ0n) is 8.48. The second-order valence-corrected chi connectivity index (χ2v) is 4.14. The van der Waals surface area contributed by atoms with Gasteiger partial charge in [0.05, 0.1) is 5.52 Å². The molecule has 1 aromatic heterocycles. The van der Waals surface area contributed by atoms with Crippen molar-refractivity contribution in [3.8, 4) is 0 Å². The predicted octanol–water partition coefficient (Wildman–Crippen LogP) is 2.71. The van der Waals surface area contributed by atoms with E-state index < -0.39 is 0 Å². The van der Waals surface area contributed by atoms with E-state index in [1.54, 1.807) is 0 Å². The summed E-state index contributed by atoms with van der Waals surface area (Å²) in [6, 6.07) is 7.99. The Labute approximate surface area is 87.3 Å². The van der Waals surface area contributed by atoms with Gasteiger partial charge in [0.2, 0.25) is 0 Å². The molecule has 0 unspecified atom stereocenters. The lowest BCUT2D eigenvalue weighted by atomic mass is 10.2. The van der Waals surface area contributed by atoms with Crippen LogP contribution in [-0.2, 0) is 0 Å². The van der Waals surface area contributed by atoms with Crippen LogP contribution >= 0.6 is 0 Å². The van der Waals surface area contributed by atoms with Crippen molar-refractivity contribution in [2.75, 3.05) is 0 Å². The lowest BCUT2D eigenvalue weighted by Gasteiger charge is -2.09. The minimum atomic E-state index is -0.205. The Balaban J connectivity index is 2.23. The van der Waals surface area contributed by atoms with Crippen molar-refractivity contribution in [1.29, 1.82) is 0 Å². The van der Waals surface area contributed by atoms with E-state index in [1.807, 2.05) is 28.8 Å². The molecule has 15 heavy (non-hydrogen) atoms. The summed E-state index contributed by atoms with van der Waals surface area (Å²) in [5.74, 6) is -0.205. The van der Waals surface area contributed by atoms with E-state index in [-0.39, 0.29) is 5.76 Å². The second-order valence-electron chi connectivity index (χ2n) is 4.14. The second kappa shape index (κ2) is 3.26. The molecule has 0 amide bonds. The van der Waals surface area contributed by atoms with Crippen LogP contribution in [0.5, 0.6) is 0 Å². The fourth-order valence-electron chi connectivity index (χ4n) is 2.49. The lowest BCUT2D eigenvalue weighted by Crippen LogP contribution is -2.18. The first-order valence-electron chi connectivity index (χ1n) is 5.46. The molecular formula is C12H13NO2. The lowest BCUT2D eigenvalue weighted by molar-refractivity contribution is 0.446. The molecule has 1 fully saturated rings. The van der Waals surface area contributed by atoms with Crippen LogP contribution < -0.4 is 5.76 Å². The molecule has 0 saturated heterocycles. The zero-order chi connectivity index (χ0) is 10.3. The fraction of sp³-hybridized carbons (Fsp3) is 0.417. The van der Waals surface area contributed by atoms with Gasteiger partial charge in [-0.3, -0.25) is 4.57 Å². The highest BCUT2D eigenvalue weighted by atomic mass is 16.4. The zero-order valence-corrected chi connectivity index (χ0v) is 8.48. The van der Waals surface area contributed by atoms with Crippen LogP contribution in [0, 0.1) is 0 Å². The Kier molecular flexibility index (Phi) is 1.91. The maximum atomic E-state index is 11.7. The van der Waals surface area contributed by atoms with Gasteiger partial charge in [-0.2, -0.15) is 0 Å². The summed E-state index contributed by atoms with van der Waals surface area (Å²) >= 11 is 0. The SMILES string of the molecule is O=c1oc2ccccc2n1C1CCCC1. The van der Waals surface area contributed by atoms with E-state index in [0.717, 1.165) is 18.4 Å². The van der Waals surface area contributed by atoms with Gasteiger partial charge in [0.15, 0.2) is 5.58 Å². The van der Waals surface area contributed by atoms with Crippen LogP contribution in [0.1, 0.15) is 31.7 Å². The predicted molar refractivity (Wildman–Crippen MR) is 58.0 cm³/mol. The standard InChI is InChI=1S/C12H13NO2/c14-12-13(9-5-1-2-6-9)10-7-3-4-8-11(10)15-12/h3-4,7-9H,1-2,5-6H2. The van der Waals surface area contributed by atoms with E-state index in [0.29, 0.717) is 11.6 Å². The van der Waals surface area contributed by atoms with Crippen molar-refractivity contribution in [2.24, 2.45) is 0 Å². The van der Waals surface area contributed by atoms with Gasteiger partial charge in [-0.15, -0.1) is 0 Å². The summed E-state index contributed by atoms with van der Waals surface area (Å²) in [6.45, 7) is 0. The summed E-state index contributed by atoms with van der Waals surface area (Å²) in [4.78, 5) is 11.7. The number of aromatic nitrogens is 1. The molecule has 3 heteroatoms. The molecule has 0 N–H and O–H groups in total. The molecule has 0 radical (unpaired) electrons. The molecular weight excluding hydrogens is 190 g/mol. The average molecular weight is 203 g/mol. The smallest absolute Gasteiger partial charge is 0.408 e. The Morgan fingerprint density at radius 3 is 2.73 bits per heavy atom. The first-order chi connectivity index (χ1) is 7.36. The number of para-hydroxylation sites is 2. The molecule has 3 nitrogen and oxygen atoms in total. The monoisotopic (exact) mass is 203 g/mol. The normalized spacial score (nSPS) is 17.6. The first kappa shape index (κ1) is 8.77. The van der Waals surface area contributed by atoms with Gasteiger partial charge in [-0.25, -0.2) is 4.79 Å². The van der Waals surface area contributed by atoms with Crippen molar-refractivity contribution in [3.05, 3.63) is 34.8 Å². The van der Waals surface area contributed by atoms with Crippen LogP contribution in [0.15, 0.2) is 33.5 Å². The van der Waals surface area contributed by atoms with E-state index >= 15 is 0 Å². The highest BCUT2D eigenvalue weighted by Gasteiger charge is 2.21. The number of hydrogen-bond donors (Lipinski definition) is 0. The molecule has 2 aromatic rings. The topological polar surface area (TPSA) is 35.1 Å². The van der Waals surface area contributed by atoms with Crippen molar-refractivity contribution in [3.63, 3.8) is 0 Å². The Hall–Kier alpha value is -1.51. The van der Waals surface area contributed by atoms with Crippen LogP contribution in [-0.4, -0.2) is 4.57 Å². The Morgan fingerprint density at radius 2 is 1.93 bits per heavy atom. The number of nitrogens with zero attached hydrogens (tertiary/aromatic N) is 1. The summed E-state index contributed by atoms with van der Waals surface area (Å²) in [5.41, 5.74) is 1.64. The quantitative estimate of drug-likeness (QED) is 0.714. The molecule has 0 aliphatic heterocycles. The molecule has 1 aliphatic carbocycles. The number of fused-ring (bicyclic) bond motifs is 1. The summed E-state index contributed by atoms with van der Waals surface area (Å²) < 4.78 is 7.04. The van der Waals surface area contributed by atoms with Gasteiger partial charge in [0, 0.05) is 6.04 Å². The maximum absolute atomic E-state index is 11.7. The van der Waals surface area contributed by atoms with Gasteiger partial charge in [0.25, 0.3) is 0 Å². The molecule has 78 valence electrons. The minimum absolute atomic E-state index is 0.205. The maximum Gasteiger partial charge on any atom is 0.420 e. The third-order valence-corrected chi connectivity index (χ3v) is 3.21. The summed E-state index contributed by atoms with van der Waals surface area (Å²) in [5, 5.41) is 0. The highest BCUT2D eigenvalue weighted by Crippen LogP contribution is 2.30. The van der Waals surface area contributed by atoms with Gasteiger partial charge in [0.1, 0.15) is 0 Å². The van der Waals surface area contributed by atoms with Gasteiger partial charge in [-0.05, 0) is 25.0 Å². The van der Waals surface area contributed by atoms with E-state index in [2.05, 4.69) is 0 Å². The molecule has 1 heterocycles. The van der Waals surface area contributed by atoms with E-state index in [1.165, 1.54) is 12.8 Å². The van der Waals surface area contributed by atoms with Gasteiger partial charge < -0.3 is 4.42 Å². The van der Waals surface area contributed by atoms with Crippen LogP contribution in [0.2, 0.25) is 0 Å². The summed E-state index contributed by atoms with van der Waals surface area (Å²) in [7, 11) is 0. The minimum Gasteiger partial charge on any atom is -0.408 e. The van der Waals surface area contributed by atoms with Crippen molar-refractivity contribution >= 4 is 11.1 Å². The van der Waals surface area contributed by atoms with Crippen molar-refractivity contribution < 1.29 is 4.42 Å². The number of hydrogen-bond acceptors (Lipinski definition) is 2. The van der Waals surface area contributed by atoms with Crippen molar-refractivity contribution in [2.45, 2.75) is 31.7 Å². The third-order valence-electron chi connectivity index (χ3n) is 3.21. The molecule has 1 saturated carbocycles. The van der Waals surface area contributed by atoms with E-state index in [4.69, 9.17) is 4.42 Å². The van der Waals surface area contributed by atoms with Crippen LogP contribution in [0.3, 0.4) is 0 Å². The number of benzene rings is 1. The Morgan fingerprint density at radius 1 is 1.20 bits per heavy atom. The third kappa shape index (κ3) is 1.30. The number of rotatable bonds is 1. The van der Waals surface area contributed by atoms with Crippen molar-refractivity contribution in [1.82, 2.24) is 4.57 Å². The number of oxazole rings is 1. The molecule has 0 spiro atoms. The Bertz CT molecular complexity index is 532. The first-order valence-corrected chi connectivity index (χ1v) is 5.46. The molecule has 1 aliphatic rings. The summed E-state index contributed by atoms with van der Waals surface area (Å²) in [6.07, 6.45) is 4.64. The molecule has 1 aromatic carbocycles.